The molecule has 0 bridgehead atoms. The summed E-state index contributed by atoms with van der Waals surface area (Å²) in [6.07, 6.45) is -3.21. The van der Waals surface area contributed by atoms with Gasteiger partial charge in [-0.25, -0.2) is 9.37 Å². The molecular formula is C15H14F4N2. The monoisotopic (exact) mass is 298 g/mol. The number of aryl methyl sites for hydroxylation is 1. The van der Waals surface area contributed by atoms with Crippen molar-refractivity contribution in [3.63, 3.8) is 0 Å². The van der Waals surface area contributed by atoms with Crippen molar-refractivity contribution in [2.75, 3.05) is 5.32 Å². The van der Waals surface area contributed by atoms with Crippen LogP contribution in [-0.4, -0.2) is 4.98 Å². The highest BCUT2D eigenvalue weighted by molar-refractivity contribution is 5.47. The van der Waals surface area contributed by atoms with Crippen molar-refractivity contribution in [2.45, 2.75) is 26.1 Å². The van der Waals surface area contributed by atoms with Gasteiger partial charge < -0.3 is 5.32 Å². The number of hydrogen-bond acceptors (Lipinski definition) is 2. The third kappa shape index (κ3) is 3.51. The van der Waals surface area contributed by atoms with E-state index < -0.39 is 23.6 Å². The normalized spacial score (nSPS) is 13.0. The second-order valence-electron chi connectivity index (χ2n) is 4.77. The molecule has 0 aliphatic heterocycles. The maximum absolute atomic E-state index is 13.5. The van der Waals surface area contributed by atoms with Crippen LogP contribution in [0.3, 0.4) is 0 Å². The van der Waals surface area contributed by atoms with Crippen LogP contribution in [-0.2, 0) is 6.18 Å². The minimum Gasteiger partial charge on any atom is -0.363 e. The Morgan fingerprint density at radius 3 is 2.52 bits per heavy atom. The molecule has 1 N–H and O–H groups in total. The predicted octanol–water partition coefficient (Wildman–Crippen LogP) is 4.72. The Balaban J connectivity index is 2.27. The van der Waals surface area contributed by atoms with E-state index in [4.69, 9.17) is 0 Å². The molecule has 1 aromatic carbocycles. The highest BCUT2D eigenvalue weighted by atomic mass is 19.4. The zero-order chi connectivity index (χ0) is 15.6. The van der Waals surface area contributed by atoms with E-state index in [1.165, 1.54) is 18.3 Å². The van der Waals surface area contributed by atoms with Gasteiger partial charge in [0.05, 0.1) is 11.6 Å². The fourth-order valence-corrected chi connectivity index (χ4v) is 1.92. The molecule has 2 nitrogen and oxygen atoms in total. The molecule has 0 radical (unpaired) electrons. The van der Waals surface area contributed by atoms with Gasteiger partial charge >= 0.3 is 6.18 Å². The topological polar surface area (TPSA) is 24.9 Å². The molecule has 21 heavy (non-hydrogen) atoms. The Labute approximate surface area is 119 Å². The standard InChI is InChI=1S/C15H14F4N2/c1-9-5-6-11(8-13(9)16)10(2)21-14-12(15(17,18)19)4-3-7-20-14/h3-8,10H,1-2H3,(H,20,21). The Hall–Kier alpha value is -2.11. The number of anilines is 1. The number of alkyl halides is 3. The summed E-state index contributed by atoms with van der Waals surface area (Å²) in [5, 5.41) is 2.68. The molecule has 1 atom stereocenters. The molecule has 0 aliphatic rings. The lowest BCUT2D eigenvalue weighted by atomic mass is 10.1. The Bertz CT molecular complexity index is 638. The van der Waals surface area contributed by atoms with E-state index >= 15 is 0 Å². The number of pyridine rings is 1. The lowest BCUT2D eigenvalue weighted by Gasteiger charge is -2.18. The Morgan fingerprint density at radius 1 is 1.19 bits per heavy atom. The van der Waals surface area contributed by atoms with Crippen LogP contribution in [0, 0.1) is 12.7 Å². The smallest absolute Gasteiger partial charge is 0.363 e. The highest BCUT2D eigenvalue weighted by Gasteiger charge is 2.34. The van der Waals surface area contributed by atoms with E-state index in [1.54, 1.807) is 26.0 Å². The van der Waals surface area contributed by atoms with Gasteiger partial charge in [0.25, 0.3) is 0 Å². The van der Waals surface area contributed by atoms with Crippen molar-refractivity contribution in [3.05, 3.63) is 59.0 Å². The highest BCUT2D eigenvalue weighted by Crippen LogP contribution is 2.34. The van der Waals surface area contributed by atoms with Crippen LogP contribution in [0.5, 0.6) is 0 Å². The number of halogens is 4. The maximum atomic E-state index is 13.5. The van der Waals surface area contributed by atoms with Gasteiger partial charge in [-0.2, -0.15) is 13.2 Å². The van der Waals surface area contributed by atoms with Crippen LogP contribution >= 0.6 is 0 Å². The van der Waals surface area contributed by atoms with Crippen molar-refractivity contribution in [1.29, 1.82) is 0 Å². The molecule has 112 valence electrons. The fourth-order valence-electron chi connectivity index (χ4n) is 1.92. The van der Waals surface area contributed by atoms with Gasteiger partial charge in [-0.3, -0.25) is 0 Å². The SMILES string of the molecule is Cc1ccc(C(C)Nc2ncccc2C(F)(F)F)cc1F. The molecule has 2 aromatic rings. The number of benzene rings is 1. The molecule has 0 amide bonds. The third-order valence-corrected chi connectivity index (χ3v) is 3.16. The summed E-state index contributed by atoms with van der Waals surface area (Å²) in [5.41, 5.74) is 0.195. The van der Waals surface area contributed by atoms with Crippen molar-refractivity contribution in [3.8, 4) is 0 Å². The van der Waals surface area contributed by atoms with Crippen LogP contribution < -0.4 is 5.32 Å². The molecule has 0 fully saturated rings. The van der Waals surface area contributed by atoms with Gasteiger partial charge in [-0.05, 0) is 43.2 Å². The average molecular weight is 298 g/mol. The first-order valence-electron chi connectivity index (χ1n) is 6.34. The molecule has 1 unspecified atom stereocenters. The average Bonchev–Trinajstić information content (AvgIpc) is 2.41. The summed E-state index contributed by atoms with van der Waals surface area (Å²) < 4.78 is 52.2. The van der Waals surface area contributed by atoms with Gasteiger partial charge in [0, 0.05) is 6.20 Å². The van der Waals surface area contributed by atoms with E-state index in [1.807, 2.05) is 0 Å². The second kappa shape index (κ2) is 5.71. The lowest BCUT2D eigenvalue weighted by molar-refractivity contribution is -0.137. The predicted molar refractivity (Wildman–Crippen MR) is 72.4 cm³/mol. The summed E-state index contributed by atoms with van der Waals surface area (Å²) in [7, 11) is 0. The van der Waals surface area contributed by atoms with E-state index in [-0.39, 0.29) is 5.82 Å². The number of aromatic nitrogens is 1. The molecule has 0 saturated carbocycles. The molecule has 0 aliphatic carbocycles. The third-order valence-electron chi connectivity index (χ3n) is 3.16. The Kier molecular flexibility index (Phi) is 4.16. The number of hydrogen-bond donors (Lipinski definition) is 1. The maximum Gasteiger partial charge on any atom is 0.419 e. The van der Waals surface area contributed by atoms with Crippen LogP contribution in [0.15, 0.2) is 36.5 Å². The van der Waals surface area contributed by atoms with E-state index in [2.05, 4.69) is 10.3 Å². The van der Waals surface area contributed by atoms with Gasteiger partial charge in [0.2, 0.25) is 0 Å². The molecule has 0 spiro atoms. The number of nitrogens with zero attached hydrogens (tertiary/aromatic N) is 1. The zero-order valence-corrected chi connectivity index (χ0v) is 11.5. The first-order chi connectivity index (χ1) is 9.79. The van der Waals surface area contributed by atoms with E-state index in [9.17, 15) is 17.6 Å². The van der Waals surface area contributed by atoms with E-state index in [0.717, 1.165) is 6.07 Å². The molecule has 2 rings (SSSR count). The molecular weight excluding hydrogens is 284 g/mol. The minimum absolute atomic E-state index is 0.265. The van der Waals surface area contributed by atoms with E-state index in [0.29, 0.717) is 11.1 Å². The minimum atomic E-state index is -4.49. The van der Waals surface area contributed by atoms with Crippen LogP contribution in [0.4, 0.5) is 23.4 Å². The fraction of sp³-hybridized carbons (Fsp3) is 0.267. The summed E-state index contributed by atoms with van der Waals surface area (Å²) in [4.78, 5) is 3.73. The zero-order valence-electron chi connectivity index (χ0n) is 11.5. The molecule has 1 aromatic heterocycles. The van der Waals surface area contributed by atoms with Crippen LogP contribution in [0.1, 0.15) is 29.7 Å². The Morgan fingerprint density at radius 2 is 1.90 bits per heavy atom. The lowest BCUT2D eigenvalue weighted by Crippen LogP contribution is -2.15. The van der Waals surface area contributed by atoms with Gasteiger partial charge in [-0.1, -0.05) is 12.1 Å². The molecule has 6 heteroatoms. The van der Waals surface area contributed by atoms with Crippen molar-refractivity contribution in [1.82, 2.24) is 4.98 Å². The first-order valence-corrected chi connectivity index (χ1v) is 6.34. The van der Waals surface area contributed by atoms with Gasteiger partial charge in [0.15, 0.2) is 0 Å². The summed E-state index contributed by atoms with van der Waals surface area (Å²) in [6, 6.07) is 6.25. The van der Waals surface area contributed by atoms with Gasteiger partial charge in [0.1, 0.15) is 11.6 Å². The number of rotatable bonds is 3. The summed E-state index contributed by atoms with van der Waals surface area (Å²) in [5.74, 6) is -0.656. The largest absolute Gasteiger partial charge is 0.419 e. The summed E-state index contributed by atoms with van der Waals surface area (Å²) in [6.45, 7) is 3.27. The molecule has 1 heterocycles. The van der Waals surface area contributed by atoms with Gasteiger partial charge in [-0.15, -0.1) is 0 Å². The first kappa shape index (κ1) is 15.3. The van der Waals surface area contributed by atoms with Crippen molar-refractivity contribution < 1.29 is 17.6 Å². The number of nitrogens with one attached hydrogen (secondary N) is 1. The quantitative estimate of drug-likeness (QED) is 0.829. The molecule has 0 saturated heterocycles. The van der Waals surface area contributed by atoms with Crippen LogP contribution in [0.25, 0.3) is 0 Å². The van der Waals surface area contributed by atoms with Crippen molar-refractivity contribution >= 4 is 5.82 Å². The van der Waals surface area contributed by atoms with Crippen LogP contribution in [0.2, 0.25) is 0 Å². The second-order valence-corrected chi connectivity index (χ2v) is 4.77. The summed E-state index contributed by atoms with van der Waals surface area (Å²) >= 11 is 0. The van der Waals surface area contributed by atoms with Crippen molar-refractivity contribution in [2.24, 2.45) is 0 Å².